The minimum absolute atomic E-state index is 0.187. The quantitative estimate of drug-likeness (QED) is 0.595. The standard InChI is InChI=1S/C14H10O4/c15-12-6-7-13(16)11(8-12)9-18-14(17)10-4-2-1-3-5-10/h1-8H,9H2. The Morgan fingerprint density at radius 1 is 1.06 bits per heavy atom. The number of hydrogen-bond donors (Lipinski definition) is 0. The second-order valence-corrected chi connectivity index (χ2v) is 3.71. The largest absolute Gasteiger partial charge is 0.457 e. The highest BCUT2D eigenvalue weighted by Gasteiger charge is 2.15. The fraction of sp³-hybridized carbons (Fsp3) is 0.0714. The maximum absolute atomic E-state index is 11.6. The predicted molar refractivity (Wildman–Crippen MR) is 64.0 cm³/mol. The summed E-state index contributed by atoms with van der Waals surface area (Å²) in [4.78, 5) is 34.1. The molecule has 0 heterocycles. The van der Waals surface area contributed by atoms with Crippen molar-refractivity contribution in [3.05, 3.63) is 59.7 Å². The maximum atomic E-state index is 11.6. The van der Waals surface area contributed by atoms with Gasteiger partial charge in [0.15, 0.2) is 11.6 Å². The molecule has 4 nitrogen and oxygen atoms in total. The first-order chi connectivity index (χ1) is 8.66. The lowest BCUT2D eigenvalue weighted by atomic mass is 10.0. The van der Waals surface area contributed by atoms with E-state index < -0.39 is 5.97 Å². The molecule has 1 aromatic rings. The van der Waals surface area contributed by atoms with Crippen LogP contribution in [0.4, 0.5) is 0 Å². The number of ketones is 2. The van der Waals surface area contributed by atoms with Crippen molar-refractivity contribution in [2.45, 2.75) is 0 Å². The third kappa shape index (κ3) is 2.79. The molecule has 90 valence electrons. The molecule has 1 aromatic carbocycles. The molecule has 0 unspecified atom stereocenters. The van der Waals surface area contributed by atoms with E-state index >= 15 is 0 Å². The molecule has 0 fully saturated rings. The Kier molecular flexibility index (Phi) is 3.48. The number of ether oxygens (including phenoxy) is 1. The van der Waals surface area contributed by atoms with Gasteiger partial charge >= 0.3 is 5.97 Å². The molecular weight excluding hydrogens is 232 g/mol. The molecule has 0 spiro atoms. The summed E-state index contributed by atoms with van der Waals surface area (Å²) in [7, 11) is 0. The van der Waals surface area contributed by atoms with Crippen molar-refractivity contribution in [1.82, 2.24) is 0 Å². The first-order valence-electron chi connectivity index (χ1n) is 5.36. The van der Waals surface area contributed by atoms with Gasteiger partial charge in [0.2, 0.25) is 0 Å². The Hall–Kier alpha value is -2.49. The number of allylic oxidation sites excluding steroid dienone is 3. The molecule has 1 aliphatic carbocycles. The highest BCUT2D eigenvalue weighted by Crippen LogP contribution is 2.08. The zero-order chi connectivity index (χ0) is 13.0. The molecule has 0 aromatic heterocycles. The number of benzene rings is 1. The molecule has 18 heavy (non-hydrogen) atoms. The summed E-state index contributed by atoms with van der Waals surface area (Å²) in [6.45, 7) is -0.192. The van der Waals surface area contributed by atoms with Crippen molar-refractivity contribution in [2.75, 3.05) is 6.61 Å². The van der Waals surface area contributed by atoms with Gasteiger partial charge < -0.3 is 4.74 Å². The summed E-state index contributed by atoms with van der Waals surface area (Å²) in [6, 6.07) is 8.45. The Morgan fingerprint density at radius 3 is 2.50 bits per heavy atom. The molecule has 0 aliphatic heterocycles. The van der Waals surface area contributed by atoms with E-state index in [1.807, 2.05) is 0 Å². The van der Waals surface area contributed by atoms with E-state index in [4.69, 9.17) is 4.74 Å². The van der Waals surface area contributed by atoms with Crippen LogP contribution < -0.4 is 0 Å². The fourth-order valence-electron chi connectivity index (χ4n) is 1.47. The van der Waals surface area contributed by atoms with Crippen LogP contribution in [0.5, 0.6) is 0 Å². The van der Waals surface area contributed by atoms with E-state index in [0.717, 1.165) is 0 Å². The highest BCUT2D eigenvalue weighted by atomic mass is 16.5. The zero-order valence-electron chi connectivity index (χ0n) is 9.46. The molecule has 0 saturated heterocycles. The monoisotopic (exact) mass is 242 g/mol. The van der Waals surface area contributed by atoms with Crippen LogP contribution in [0, 0.1) is 0 Å². The molecule has 0 atom stereocenters. The Labute approximate surface area is 104 Å². The Balaban J connectivity index is 1.99. The van der Waals surface area contributed by atoms with Crippen LogP contribution in [0.15, 0.2) is 54.1 Å². The third-order valence-electron chi connectivity index (χ3n) is 2.40. The van der Waals surface area contributed by atoms with Crippen molar-refractivity contribution in [3.63, 3.8) is 0 Å². The highest BCUT2D eigenvalue weighted by molar-refractivity contribution is 6.17. The van der Waals surface area contributed by atoms with Crippen molar-refractivity contribution in [2.24, 2.45) is 0 Å². The van der Waals surface area contributed by atoms with Crippen LogP contribution in [0.2, 0.25) is 0 Å². The van der Waals surface area contributed by atoms with Gasteiger partial charge in [0.1, 0.15) is 6.61 Å². The van der Waals surface area contributed by atoms with Crippen LogP contribution in [-0.4, -0.2) is 24.1 Å². The van der Waals surface area contributed by atoms with Crippen LogP contribution in [0.3, 0.4) is 0 Å². The summed E-state index contributed by atoms with van der Waals surface area (Å²) in [5.41, 5.74) is 0.593. The minimum atomic E-state index is -0.522. The summed E-state index contributed by atoms with van der Waals surface area (Å²) in [6.07, 6.45) is 3.54. The number of esters is 1. The third-order valence-corrected chi connectivity index (χ3v) is 2.40. The van der Waals surface area contributed by atoms with E-state index in [9.17, 15) is 14.4 Å². The molecule has 0 bridgehead atoms. The van der Waals surface area contributed by atoms with Gasteiger partial charge in [-0.15, -0.1) is 0 Å². The summed E-state index contributed by atoms with van der Waals surface area (Å²) in [5, 5.41) is 0. The molecule has 0 N–H and O–H groups in total. The van der Waals surface area contributed by atoms with Gasteiger partial charge in [-0.1, -0.05) is 18.2 Å². The normalized spacial score (nSPS) is 14.3. The van der Waals surface area contributed by atoms with Gasteiger partial charge in [0.05, 0.1) is 5.56 Å². The molecule has 0 radical (unpaired) electrons. The number of rotatable bonds is 3. The van der Waals surface area contributed by atoms with E-state index in [1.165, 1.54) is 18.2 Å². The topological polar surface area (TPSA) is 60.4 Å². The number of hydrogen-bond acceptors (Lipinski definition) is 4. The predicted octanol–water partition coefficient (Wildman–Crippen LogP) is 1.48. The van der Waals surface area contributed by atoms with Crippen molar-refractivity contribution in [1.29, 1.82) is 0 Å². The van der Waals surface area contributed by atoms with Crippen LogP contribution in [0.25, 0.3) is 0 Å². The van der Waals surface area contributed by atoms with Gasteiger partial charge in [-0.25, -0.2) is 4.79 Å². The summed E-state index contributed by atoms with van der Waals surface area (Å²) < 4.78 is 4.97. The van der Waals surface area contributed by atoms with Crippen LogP contribution in [0.1, 0.15) is 10.4 Å². The van der Waals surface area contributed by atoms with Crippen LogP contribution >= 0.6 is 0 Å². The van der Waals surface area contributed by atoms with E-state index in [0.29, 0.717) is 5.56 Å². The Morgan fingerprint density at radius 2 is 1.78 bits per heavy atom. The van der Waals surface area contributed by atoms with Crippen molar-refractivity contribution in [3.8, 4) is 0 Å². The SMILES string of the molecule is O=C1C=CC(=O)C(COC(=O)c2ccccc2)=C1. The molecule has 4 heteroatoms. The molecule has 1 aliphatic rings. The molecule has 0 amide bonds. The lowest BCUT2D eigenvalue weighted by Gasteiger charge is -2.08. The average Bonchev–Trinajstić information content (AvgIpc) is 2.40. The summed E-state index contributed by atoms with van der Waals surface area (Å²) in [5.74, 6) is -1.11. The molecular formula is C14H10O4. The van der Waals surface area contributed by atoms with Crippen molar-refractivity contribution >= 4 is 17.5 Å². The molecule has 2 rings (SSSR count). The van der Waals surface area contributed by atoms with Gasteiger partial charge in [0, 0.05) is 5.57 Å². The summed E-state index contributed by atoms with van der Waals surface area (Å²) >= 11 is 0. The smallest absolute Gasteiger partial charge is 0.338 e. The van der Waals surface area contributed by atoms with Crippen molar-refractivity contribution < 1.29 is 19.1 Å². The van der Waals surface area contributed by atoms with E-state index in [-0.39, 0.29) is 23.7 Å². The van der Waals surface area contributed by atoms with E-state index in [1.54, 1.807) is 30.3 Å². The first-order valence-corrected chi connectivity index (χ1v) is 5.36. The van der Waals surface area contributed by atoms with Crippen LogP contribution in [-0.2, 0) is 14.3 Å². The number of carbonyl (C=O) groups is 3. The maximum Gasteiger partial charge on any atom is 0.338 e. The second-order valence-electron chi connectivity index (χ2n) is 3.71. The lowest BCUT2D eigenvalue weighted by Crippen LogP contribution is -2.15. The zero-order valence-corrected chi connectivity index (χ0v) is 9.46. The first kappa shape index (κ1) is 12.0. The second kappa shape index (κ2) is 5.23. The lowest BCUT2D eigenvalue weighted by molar-refractivity contribution is -0.114. The average molecular weight is 242 g/mol. The minimum Gasteiger partial charge on any atom is -0.457 e. The Bertz CT molecular complexity index is 552. The van der Waals surface area contributed by atoms with Gasteiger partial charge in [0.25, 0.3) is 0 Å². The molecule has 0 saturated carbocycles. The fourth-order valence-corrected chi connectivity index (χ4v) is 1.47. The van der Waals surface area contributed by atoms with Gasteiger partial charge in [-0.05, 0) is 30.4 Å². The van der Waals surface area contributed by atoms with Gasteiger partial charge in [-0.3, -0.25) is 9.59 Å². The van der Waals surface area contributed by atoms with E-state index in [2.05, 4.69) is 0 Å². The number of carbonyl (C=O) groups excluding carboxylic acids is 3. The van der Waals surface area contributed by atoms with Gasteiger partial charge in [-0.2, -0.15) is 0 Å².